The molecule has 0 bridgehead atoms. The summed E-state index contributed by atoms with van der Waals surface area (Å²) in [6.07, 6.45) is 1.64. The number of carbonyl (C=O) groups is 1. The summed E-state index contributed by atoms with van der Waals surface area (Å²) in [5.41, 5.74) is 3.10. The van der Waals surface area contributed by atoms with Gasteiger partial charge in [0, 0.05) is 12.0 Å². The van der Waals surface area contributed by atoms with E-state index in [4.69, 9.17) is 4.52 Å². The van der Waals surface area contributed by atoms with Gasteiger partial charge in [0.1, 0.15) is 5.52 Å². The minimum atomic E-state index is 0.346. The van der Waals surface area contributed by atoms with Gasteiger partial charge in [0.05, 0.1) is 16.9 Å². The predicted octanol–water partition coefficient (Wildman–Crippen LogP) is 3.30. The van der Waals surface area contributed by atoms with Crippen molar-refractivity contribution in [2.45, 2.75) is 26.2 Å². The van der Waals surface area contributed by atoms with Gasteiger partial charge in [-0.2, -0.15) is 0 Å². The van der Waals surface area contributed by atoms with Gasteiger partial charge in [0.15, 0.2) is 5.82 Å². The van der Waals surface area contributed by atoms with E-state index < -0.39 is 0 Å². The Balaban J connectivity index is 2.03. The average molecular weight is 284 g/mol. The molecule has 2 aromatic heterocycles. The van der Waals surface area contributed by atoms with Gasteiger partial charge >= 0.3 is 0 Å². The zero-order valence-electron chi connectivity index (χ0n) is 11.9. The molecule has 3 rings (SSSR count). The zero-order valence-corrected chi connectivity index (χ0v) is 11.9. The molecule has 0 aliphatic heterocycles. The number of hydrogen-bond donors (Lipinski definition) is 2. The number of aromatic nitrogens is 3. The highest BCUT2D eigenvalue weighted by molar-refractivity contribution is 5.94. The standard InChI is InChI=1S/C15H16N4O2/c1-3-9(2)12-7-13(21-19-12)15-17-11-6-4-5-10(16-8-20)14(11)18-15/h4-9H,3H2,1-2H3,(H,16,20)(H,17,18). The zero-order chi connectivity index (χ0) is 14.8. The van der Waals surface area contributed by atoms with E-state index in [0.29, 0.717) is 35.1 Å². The molecule has 1 unspecified atom stereocenters. The fourth-order valence-electron chi connectivity index (χ4n) is 2.17. The van der Waals surface area contributed by atoms with Crippen molar-refractivity contribution < 1.29 is 9.32 Å². The highest BCUT2D eigenvalue weighted by Gasteiger charge is 2.15. The number of nitrogens with one attached hydrogen (secondary N) is 2. The first kappa shape index (κ1) is 13.4. The first-order valence-electron chi connectivity index (χ1n) is 6.88. The lowest BCUT2D eigenvalue weighted by atomic mass is 10.1. The van der Waals surface area contributed by atoms with Crippen LogP contribution in [0.3, 0.4) is 0 Å². The number of benzene rings is 1. The smallest absolute Gasteiger partial charge is 0.211 e. The summed E-state index contributed by atoms with van der Waals surface area (Å²) in [4.78, 5) is 18.3. The van der Waals surface area contributed by atoms with Gasteiger partial charge in [-0.1, -0.05) is 25.1 Å². The number of fused-ring (bicyclic) bond motifs is 1. The van der Waals surface area contributed by atoms with Crippen LogP contribution < -0.4 is 5.32 Å². The summed E-state index contributed by atoms with van der Waals surface area (Å²) in [5.74, 6) is 1.55. The molecule has 1 amide bonds. The number of para-hydroxylation sites is 1. The summed E-state index contributed by atoms with van der Waals surface area (Å²) >= 11 is 0. The second-order valence-electron chi connectivity index (χ2n) is 4.97. The van der Waals surface area contributed by atoms with Crippen LogP contribution in [0.1, 0.15) is 31.9 Å². The molecule has 1 aromatic carbocycles. The maximum atomic E-state index is 10.6. The van der Waals surface area contributed by atoms with Crippen LogP contribution in [0, 0.1) is 0 Å². The van der Waals surface area contributed by atoms with E-state index >= 15 is 0 Å². The van der Waals surface area contributed by atoms with Crippen molar-refractivity contribution in [1.29, 1.82) is 0 Å². The second-order valence-corrected chi connectivity index (χ2v) is 4.97. The Kier molecular flexibility index (Phi) is 3.43. The maximum absolute atomic E-state index is 10.6. The number of imidazole rings is 1. The van der Waals surface area contributed by atoms with Crippen LogP contribution >= 0.6 is 0 Å². The van der Waals surface area contributed by atoms with Crippen molar-refractivity contribution in [2.75, 3.05) is 5.32 Å². The number of aromatic amines is 1. The van der Waals surface area contributed by atoms with Gasteiger partial charge in [0.2, 0.25) is 12.2 Å². The molecule has 21 heavy (non-hydrogen) atoms. The summed E-state index contributed by atoms with van der Waals surface area (Å²) in [6.45, 7) is 4.21. The molecule has 2 heterocycles. The van der Waals surface area contributed by atoms with Crippen molar-refractivity contribution in [3.63, 3.8) is 0 Å². The van der Waals surface area contributed by atoms with Gasteiger partial charge in [-0.15, -0.1) is 0 Å². The predicted molar refractivity (Wildman–Crippen MR) is 80.0 cm³/mol. The van der Waals surface area contributed by atoms with Gasteiger partial charge < -0.3 is 14.8 Å². The maximum Gasteiger partial charge on any atom is 0.211 e. The lowest BCUT2D eigenvalue weighted by Crippen LogP contribution is -1.93. The Morgan fingerprint density at radius 3 is 3.10 bits per heavy atom. The third-order valence-electron chi connectivity index (χ3n) is 3.61. The SMILES string of the molecule is CCC(C)c1cc(-c2nc3c(NC=O)cccc3[nH]2)on1. The van der Waals surface area contributed by atoms with Crippen LogP contribution in [0.25, 0.3) is 22.6 Å². The number of anilines is 1. The molecule has 6 heteroatoms. The molecule has 0 aliphatic rings. The Hall–Kier alpha value is -2.63. The van der Waals surface area contributed by atoms with Crippen molar-refractivity contribution in [3.05, 3.63) is 30.0 Å². The third-order valence-corrected chi connectivity index (χ3v) is 3.61. The molecule has 2 N–H and O–H groups in total. The molecule has 6 nitrogen and oxygen atoms in total. The molecule has 108 valence electrons. The van der Waals surface area contributed by atoms with E-state index in [9.17, 15) is 4.79 Å². The number of rotatable bonds is 5. The Labute approximate surface area is 121 Å². The highest BCUT2D eigenvalue weighted by atomic mass is 16.5. The fourth-order valence-corrected chi connectivity index (χ4v) is 2.17. The largest absolute Gasteiger partial charge is 0.353 e. The topological polar surface area (TPSA) is 83.8 Å². The fraction of sp³-hybridized carbons (Fsp3) is 0.267. The summed E-state index contributed by atoms with van der Waals surface area (Å²) in [5, 5.41) is 6.72. The molecule has 0 spiro atoms. The lowest BCUT2D eigenvalue weighted by molar-refractivity contribution is -0.105. The minimum Gasteiger partial charge on any atom is -0.353 e. The number of carbonyl (C=O) groups excluding carboxylic acids is 1. The number of hydrogen-bond acceptors (Lipinski definition) is 4. The monoisotopic (exact) mass is 284 g/mol. The van der Waals surface area contributed by atoms with Gasteiger partial charge in [-0.05, 0) is 18.6 Å². The van der Waals surface area contributed by atoms with Crippen LogP contribution in [-0.4, -0.2) is 21.5 Å². The molecule has 0 saturated heterocycles. The van der Waals surface area contributed by atoms with Crippen LogP contribution in [0.15, 0.2) is 28.8 Å². The highest BCUT2D eigenvalue weighted by Crippen LogP contribution is 2.27. The number of H-pyrrole nitrogens is 1. The first-order valence-corrected chi connectivity index (χ1v) is 6.88. The van der Waals surface area contributed by atoms with E-state index in [1.807, 2.05) is 18.2 Å². The summed E-state index contributed by atoms with van der Waals surface area (Å²) in [6, 6.07) is 7.44. The van der Waals surface area contributed by atoms with Crippen molar-refractivity contribution >= 4 is 23.1 Å². The lowest BCUT2D eigenvalue weighted by Gasteiger charge is -1.99. The molecule has 3 aromatic rings. The Morgan fingerprint density at radius 2 is 2.33 bits per heavy atom. The molecule has 0 saturated carbocycles. The van der Waals surface area contributed by atoms with Gasteiger partial charge in [-0.25, -0.2) is 4.98 Å². The van der Waals surface area contributed by atoms with Gasteiger partial charge in [-0.3, -0.25) is 4.79 Å². The number of amides is 1. The van der Waals surface area contributed by atoms with Crippen molar-refractivity contribution in [3.8, 4) is 11.6 Å². The van der Waals surface area contributed by atoms with Crippen LogP contribution in [0.2, 0.25) is 0 Å². The first-order chi connectivity index (χ1) is 10.2. The van der Waals surface area contributed by atoms with Crippen LogP contribution in [-0.2, 0) is 4.79 Å². The van der Waals surface area contributed by atoms with E-state index in [1.54, 1.807) is 6.07 Å². The molecule has 0 fully saturated rings. The molecule has 0 aliphatic carbocycles. The van der Waals surface area contributed by atoms with Gasteiger partial charge in [0.25, 0.3) is 0 Å². The normalized spacial score (nSPS) is 12.5. The molecular weight excluding hydrogens is 268 g/mol. The van der Waals surface area contributed by atoms with Crippen LogP contribution in [0.5, 0.6) is 0 Å². The van der Waals surface area contributed by atoms with E-state index in [2.05, 4.69) is 34.3 Å². The van der Waals surface area contributed by atoms with E-state index in [1.165, 1.54) is 0 Å². The Morgan fingerprint density at radius 1 is 1.48 bits per heavy atom. The summed E-state index contributed by atoms with van der Waals surface area (Å²) in [7, 11) is 0. The molecule has 0 radical (unpaired) electrons. The quantitative estimate of drug-likeness (QED) is 0.704. The third kappa shape index (κ3) is 2.40. The van der Waals surface area contributed by atoms with E-state index in [-0.39, 0.29) is 0 Å². The summed E-state index contributed by atoms with van der Waals surface area (Å²) < 4.78 is 5.37. The number of nitrogens with zero attached hydrogens (tertiary/aromatic N) is 2. The Bertz CT molecular complexity index is 775. The second kappa shape index (κ2) is 5.40. The molecule has 1 atom stereocenters. The van der Waals surface area contributed by atoms with Crippen molar-refractivity contribution in [1.82, 2.24) is 15.1 Å². The van der Waals surface area contributed by atoms with Crippen molar-refractivity contribution in [2.24, 2.45) is 0 Å². The minimum absolute atomic E-state index is 0.346. The molecular formula is C15H16N4O2. The average Bonchev–Trinajstić information content (AvgIpc) is 3.13. The van der Waals surface area contributed by atoms with E-state index in [0.717, 1.165) is 17.6 Å². The van der Waals surface area contributed by atoms with Crippen LogP contribution in [0.4, 0.5) is 5.69 Å².